The van der Waals surface area contributed by atoms with E-state index < -0.39 is 0 Å². The number of benzene rings is 7. The molecule has 0 atom stereocenters. The van der Waals surface area contributed by atoms with E-state index in [9.17, 15) is 14.4 Å². The summed E-state index contributed by atoms with van der Waals surface area (Å²) >= 11 is 3.32. The van der Waals surface area contributed by atoms with Gasteiger partial charge in [-0.05, 0) is 83.4 Å². The molecule has 0 aliphatic rings. The van der Waals surface area contributed by atoms with Gasteiger partial charge in [0.2, 0.25) is 0 Å². The first-order valence-corrected chi connectivity index (χ1v) is 25.3. The van der Waals surface area contributed by atoms with Crippen molar-refractivity contribution in [2.45, 2.75) is 18.4 Å². The largest absolute Gasteiger partial charge is 0.493 e. The first kappa shape index (κ1) is 57.2. The molecular formula is C59H59BrN8O11. The van der Waals surface area contributed by atoms with Crippen LogP contribution >= 0.6 is 15.9 Å². The molecular weight excluding hydrogens is 1080 g/mol. The van der Waals surface area contributed by atoms with Crippen molar-refractivity contribution < 1.29 is 52.3 Å². The van der Waals surface area contributed by atoms with Gasteiger partial charge in [-0.3, -0.25) is 19.3 Å². The van der Waals surface area contributed by atoms with E-state index in [1.165, 1.54) is 14.2 Å². The van der Waals surface area contributed by atoms with Crippen LogP contribution in [0.5, 0.6) is 34.5 Å². The number of fused-ring (bicyclic) bond motifs is 3. The van der Waals surface area contributed by atoms with Gasteiger partial charge in [0.15, 0.2) is 34.5 Å². The van der Waals surface area contributed by atoms with Crippen molar-refractivity contribution in [1.29, 1.82) is 0 Å². The summed E-state index contributed by atoms with van der Waals surface area (Å²) in [5, 5.41) is 22.5. The second-order valence-electron chi connectivity index (χ2n) is 17.1. The first-order chi connectivity index (χ1) is 38.3. The Labute approximate surface area is 464 Å². The van der Waals surface area contributed by atoms with Crippen LogP contribution in [-0.4, -0.2) is 104 Å². The molecule has 19 nitrogen and oxygen atoms in total. The summed E-state index contributed by atoms with van der Waals surface area (Å²) < 4.78 is 44.5. The van der Waals surface area contributed by atoms with Crippen LogP contribution in [0.15, 0.2) is 152 Å². The molecule has 0 aliphatic heterocycles. The number of nitrogens with zero attached hydrogens (tertiary/aromatic N) is 5. The lowest BCUT2D eigenvalue weighted by atomic mass is 10.1. The van der Waals surface area contributed by atoms with Crippen LogP contribution in [0, 0.1) is 0 Å². The van der Waals surface area contributed by atoms with Crippen molar-refractivity contribution in [2.24, 2.45) is 0 Å². The average molecular weight is 1140 g/mol. The Morgan fingerprint density at radius 3 is 1.35 bits per heavy atom. The molecule has 3 aromatic heterocycles. The van der Waals surface area contributed by atoms with E-state index in [-0.39, 0.29) is 17.8 Å². The summed E-state index contributed by atoms with van der Waals surface area (Å²) in [5.74, 6) is 3.22. The molecule has 0 fully saturated rings. The molecule has 4 N–H and O–H groups in total. The van der Waals surface area contributed by atoms with Gasteiger partial charge in [0.05, 0.1) is 115 Å². The number of aromatic nitrogens is 6. The number of alkyl halides is 1. The molecule has 0 saturated heterocycles. The Morgan fingerprint density at radius 2 is 0.924 bits per heavy atom. The van der Waals surface area contributed by atoms with E-state index in [0.717, 1.165) is 60.5 Å². The van der Waals surface area contributed by atoms with Crippen LogP contribution < -0.4 is 39.5 Å². The molecule has 3 heterocycles. The smallest absolute Gasteiger partial charge is 0.337 e. The molecule has 0 spiro atoms. The number of esters is 2. The van der Waals surface area contributed by atoms with Crippen molar-refractivity contribution in [3.05, 3.63) is 185 Å². The second kappa shape index (κ2) is 27.5. The Bertz CT molecular complexity index is 3540. The highest BCUT2D eigenvalue weighted by Crippen LogP contribution is 2.34. The minimum Gasteiger partial charge on any atom is -0.493 e. The summed E-state index contributed by atoms with van der Waals surface area (Å²) in [5.41, 5.74) is 14.5. The number of nitrogens with one attached hydrogen (secondary N) is 2. The molecule has 79 heavy (non-hydrogen) atoms. The number of carbonyl (C=O) groups is 3. The van der Waals surface area contributed by atoms with Crippen LogP contribution in [-0.2, 0) is 27.9 Å². The maximum Gasteiger partial charge on any atom is 0.337 e. The maximum atomic E-state index is 12.5. The molecule has 0 radical (unpaired) electrons. The zero-order chi connectivity index (χ0) is 56.4. The predicted molar refractivity (Wildman–Crippen MR) is 307 cm³/mol. The Morgan fingerprint density at radius 1 is 0.519 bits per heavy atom. The number of carbonyl (C=O) groups excluding carboxylic acids is 3. The number of nitrogen functional groups attached to an aromatic ring is 1. The summed E-state index contributed by atoms with van der Waals surface area (Å²) in [4.78, 5) is 34.9. The highest BCUT2D eigenvalue weighted by molar-refractivity contribution is 9.08. The normalized spacial score (nSPS) is 10.4. The molecule has 0 aliphatic carbocycles. The van der Waals surface area contributed by atoms with Crippen LogP contribution in [0.1, 0.15) is 47.8 Å². The van der Waals surface area contributed by atoms with Gasteiger partial charge in [-0.1, -0.05) is 64.5 Å². The number of nitrogens with two attached hydrogens (primary N) is 1. The van der Waals surface area contributed by atoms with E-state index in [2.05, 4.69) is 46.4 Å². The fourth-order valence-electron chi connectivity index (χ4n) is 7.89. The monoisotopic (exact) mass is 1130 g/mol. The molecule has 20 heteroatoms. The lowest BCUT2D eigenvalue weighted by Gasteiger charge is -2.08. The minimum absolute atomic E-state index is 0.205. The molecule has 0 saturated carbocycles. The van der Waals surface area contributed by atoms with Crippen molar-refractivity contribution in [2.75, 3.05) is 67.9 Å². The third-order valence-electron chi connectivity index (χ3n) is 12.1. The van der Waals surface area contributed by atoms with Gasteiger partial charge in [0.25, 0.3) is 5.91 Å². The van der Waals surface area contributed by atoms with Crippen molar-refractivity contribution in [1.82, 2.24) is 29.8 Å². The average Bonchev–Trinajstić information content (AvgIpc) is 4.34. The minimum atomic E-state index is -0.342. The number of halogens is 1. The quantitative estimate of drug-likeness (QED) is 0.0493. The third kappa shape index (κ3) is 14.7. The summed E-state index contributed by atoms with van der Waals surface area (Å²) in [7, 11) is 12.4. The predicted octanol–water partition coefficient (Wildman–Crippen LogP) is 10.8. The zero-order valence-electron chi connectivity index (χ0n) is 44.7. The van der Waals surface area contributed by atoms with E-state index in [0.29, 0.717) is 69.9 Å². The number of anilines is 2. The van der Waals surface area contributed by atoms with E-state index in [4.69, 9.17) is 38.9 Å². The lowest BCUT2D eigenvalue weighted by Crippen LogP contribution is -2.13. The summed E-state index contributed by atoms with van der Waals surface area (Å²) in [6.45, 7) is 1.17. The van der Waals surface area contributed by atoms with Gasteiger partial charge < -0.3 is 48.9 Å². The van der Waals surface area contributed by atoms with Crippen LogP contribution in [0.2, 0.25) is 0 Å². The number of H-pyrrole nitrogens is 1. The number of para-hydroxylation sites is 2. The number of rotatable bonds is 15. The fourth-order valence-corrected chi connectivity index (χ4v) is 8.26. The van der Waals surface area contributed by atoms with Crippen LogP contribution in [0.25, 0.3) is 32.7 Å². The van der Waals surface area contributed by atoms with Gasteiger partial charge in [-0.15, -0.1) is 0 Å². The second-order valence-corrected chi connectivity index (χ2v) is 17.7. The first-order valence-electron chi connectivity index (χ1n) is 24.2. The van der Waals surface area contributed by atoms with Gasteiger partial charge in [-0.25, -0.2) is 9.59 Å². The lowest BCUT2D eigenvalue weighted by molar-refractivity contribution is 0.0592. The molecule has 0 unspecified atom stereocenters. The number of amides is 1. The zero-order valence-corrected chi connectivity index (χ0v) is 46.3. The topological polar surface area (TPSA) is 227 Å². The number of ether oxygens (including phenoxy) is 8. The molecule has 10 rings (SSSR count). The number of hydrogen-bond donors (Lipinski definition) is 3. The highest BCUT2D eigenvalue weighted by Gasteiger charge is 2.14. The number of methoxy groups -OCH3 is 8. The molecule has 7 aromatic carbocycles. The molecule has 0 bridgehead atoms. The number of aromatic amines is 1. The maximum absolute atomic E-state index is 12.5. The summed E-state index contributed by atoms with van der Waals surface area (Å²) in [6.07, 6.45) is 5.65. The third-order valence-corrected chi connectivity index (χ3v) is 12.7. The van der Waals surface area contributed by atoms with Crippen LogP contribution in [0.4, 0.5) is 11.4 Å². The summed E-state index contributed by atoms with van der Waals surface area (Å²) in [6, 6.07) is 40.4. The van der Waals surface area contributed by atoms with E-state index in [1.54, 1.807) is 97.4 Å². The Kier molecular flexibility index (Phi) is 19.9. The molecule has 1 amide bonds. The highest BCUT2D eigenvalue weighted by atomic mass is 79.9. The Hall–Kier alpha value is -9.56. The van der Waals surface area contributed by atoms with E-state index in [1.807, 2.05) is 107 Å². The molecule has 10 aromatic rings. The standard InChI is InChI=1S/C23H22N4O3.C18H18N2O4.C9H9BrO2.C9H10N2O2/c1-29-21-11-17-14-27(26-20(17)12-22(21)30-2)13-15-7-9-16(10-8-15)23(28)25-19-6-4-3-5-18(19)24;1-22-16-8-14-11-20(19-15(14)9-17(16)23-2)10-12-4-6-13(7-5-12)18(21)24-3;1-12-9(11)8-4-2-7(6-10)3-5-8;1-12-8-3-6-5-10-11-7(6)4-9(8)13-2/h3-12,14H,13,24H2,1-2H3,(H,25,28);4-9,11H,10H2,1-3H3;2-5H,6H2,1H3;3-5H,1-2H3,(H,10,11). The van der Waals surface area contributed by atoms with Crippen molar-refractivity contribution in [3.63, 3.8) is 0 Å². The number of hydrogen-bond acceptors (Lipinski definition) is 15. The van der Waals surface area contributed by atoms with E-state index >= 15 is 0 Å². The Balaban J connectivity index is 0.000000163. The van der Waals surface area contributed by atoms with Gasteiger partial charge >= 0.3 is 11.9 Å². The fraction of sp³-hybridized carbons (Fsp3) is 0.186. The van der Waals surface area contributed by atoms with Crippen molar-refractivity contribution >= 4 is 77.9 Å². The SMILES string of the molecule is COC(=O)c1ccc(CBr)cc1.COC(=O)c1ccc(Cn2cc3cc(OC)c(OC)cc3n2)cc1.COc1cc2cn(Cc3ccc(C(=O)Nc4ccccc4N)cc3)nc2cc1OC.COc1cc2cn[nH]c2cc1OC. The van der Waals surface area contributed by atoms with Gasteiger partial charge in [0.1, 0.15) is 0 Å². The van der Waals surface area contributed by atoms with Gasteiger partial charge in [-0.2, -0.15) is 15.3 Å². The van der Waals surface area contributed by atoms with Crippen molar-refractivity contribution in [3.8, 4) is 34.5 Å². The van der Waals surface area contributed by atoms with Crippen LogP contribution in [0.3, 0.4) is 0 Å². The van der Waals surface area contributed by atoms with Gasteiger partial charge in [0, 0.05) is 57.6 Å². The molecule has 408 valence electrons.